The van der Waals surface area contributed by atoms with Gasteiger partial charge in [-0.1, -0.05) is 0 Å². The van der Waals surface area contributed by atoms with Crippen LogP contribution in [0.4, 0.5) is 13.2 Å². The van der Waals surface area contributed by atoms with Crippen molar-refractivity contribution in [3.8, 4) is 6.07 Å². The number of thiazole rings is 1. The second-order valence-electron chi connectivity index (χ2n) is 2.43. The Morgan fingerprint density at radius 2 is 2.36 bits per heavy atom. The minimum atomic E-state index is -4.31. The van der Waals surface area contributed by atoms with Crippen LogP contribution >= 0.6 is 11.3 Å². The molecule has 1 aromatic heterocycles. The molecule has 0 spiro atoms. The monoisotopic (exact) mass is 221 g/mol. The zero-order valence-corrected chi connectivity index (χ0v) is 7.69. The molecule has 1 N–H and O–H groups in total. The van der Waals surface area contributed by atoms with Crippen LogP contribution in [-0.4, -0.2) is 17.7 Å². The number of nitrogens with one attached hydrogen (secondary N) is 1. The van der Waals surface area contributed by atoms with E-state index in [4.69, 9.17) is 5.26 Å². The Hall–Kier alpha value is -1.13. The first-order valence-electron chi connectivity index (χ1n) is 3.62. The Balaban J connectivity index is 2.54. The van der Waals surface area contributed by atoms with Crippen molar-refractivity contribution in [2.45, 2.75) is 12.2 Å². The van der Waals surface area contributed by atoms with Gasteiger partial charge in [0.05, 0.1) is 12.6 Å². The van der Waals surface area contributed by atoms with Crippen LogP contribution in [0.1, 0.15) is 11.0 Å². The zero-order valence-electron chi connectivity index (χ0n) is 6.88. The van der Waals surface area contributed by atoms with Gasteiger partial charge in [-0.25, -0.2) is 4.98 Å². The second kappa shape index (κ2) is 4.39. The van der Waals surface area contributed by atoms with Crippen LogP contribution in [0.2, 0.25) is 0 Å². The average molecular weight is 221 g/mol. The van der Waals surface area contributed by atoms with Crippen molar-refractivity contribution in [2.24, 2.45) is 0 Å². The van der Waals surface area contributed by atoms with Gasteiger partial charge in [0, 0.05) is 11.6 Å². The molecule has 1 atom stereocenters. The van der Waals surface area contributed by atoms with E-state index in [1.165, 1.54) is 6.20 Å². The molecule has 1 unspecified atom stereocenters. The Bertz CT molecular complexity index is 314. The molecule has 1 rings (SSSR count). The van der Waals surface area contributed by atoms with E-state index in [9.17, 15) is 13.2 Å². The zero-order chi connectivity index (χ0) is 10.6. The van der Waals surface area contributed by atoms with Crippen LogP contribution < -0.4 is 5.32 Å². The summed E-state index contributed by atoms with van der Waals surface area (Å²) in [6, 6.07) is 0.725. The maximum atomic E-state index is 11.8. The van der Waals surface area contributed by atoms with E-state index in [1.807, 2.05) is 0 Å². The highest BCUT2D eigenvalue weighted by Gasteiger charge is 2.28. The number of nitrogens with zero attached hydrogens (tertiary/aromatic N) is 2. The van der Waals surface area contributed by atoms with Gasteiger partial charge in [0.25, 0.3) is 0 Å². The molecule has 0 aliphatic heterocycles. The van der Waals surface area contributed by atoms with Crippen molar-refractivity contribution in [3.63, 3.8) is 0 Å². The molecule has 1 aromatic rings. The molecule has 0 amide bonds. The van der Waals surface area contributed by atoms with Gasteiger partial charge in [-0.05, 0) is 0 Å². The van der Waals surface area contributed by atoms with E-state index in [2.05, 4.69) is 10.3 Å². The van der Waals surface area contributed by atoms with Crippen LogP contribution in [0.3, 0.4) is 0 Å². The molecule has 14 heavy (non-hydrogen) atoms. The molecular weight excluding hydrogens is 215 g/mol. The number of rotatable bonds is 3. The van der Waals surface area contributed by atoms with Crippen LogP contribution in [-0.2, 0) is 0 Å². The molecule has 7 heteroatoms. The number of aromatic nitrogens is 1. The number of hydrogen-bond donors (Lipinski definition) is 1. The molecule has 1 heterocycles. The summed E-state index contributed by atoms with van der Waals surface area (Å²) in [6.45, 7) is -1.19. The molecule has 0 bridgehead atoms. The van der Waals surface area contributed by atoms with Crippen molar-refractivity contribution in [1.29, 1.82) is 5.26 Å². The molecule has 0 aliphatic carbocycles. The third-order valence-corrected chi connectivity index (χ3v) is 2.17. The second-order valence-corrected chi connectivity index (χ2v) is 3.35. The van der Waals surface area contributed by atoms with Gasteiger partial charge >= 0.3 is 6.18 Å². The quantitative estimate of drug-likeness (QED) is 0.847. The van der Waals surface area contributed by atoms with Gasteiger partial charge < -0.3 is 0 Å². The van der Waals surface area contributed by atoms with Crippen LogP contribution in [0.15, 0.2) is 11.6 Å². The highest BCUT2D eigenvalue weighted by molar-refractivity contribution is 7.09. The molecule has 0 aliphatic rings. The van der Waals surface area contributed by atoms with Crippen molar-refractivity contribution in [2.75, 3.05) is 6.54 Å². The average Bonchev–Trinajstić information content (AvgIpc) is 2.56. The summed E-state index contributed by atoms with van der Waals surface area (Å²) in [5.74, 6) is 0. The lowest BCUT2D eigenvalue weighted by molar-refractivity contribution is -0.125. The lowest BCUT2D eigenvalue weighted by Gasteiger charge is -2.10. The smallest absolute Gasteiger partial charge is 0.288 e. The number of hydrogen-bond acceptors (Lipinski definition) is 4. The number of halogens is 3. The summed E-state index contributed by atoms with van der Waals surface area (Å²) in [5, 5.41) is 12.6. The van der Waals surface area contributed by atoms with E-state index in [1.54, 1.807) is 11.4 Å². The predicted molar refractivity (Wildman–Crippen MR) is 44.5 cm³/mol. The van der Waals surface area contributed by atoms with Gasteiger partial charge in [-0.15, -0.1) is 11.3 Å². The maximum absolute atomic E-state index is 11.8. The molecule has 0 saturated heterocycles. The summed E-state index contributed by atoms with van der Waals surface area (Å²) in [6.07, 6.45) is -2.87. The Morgan fingerprint density at radius 1 is 1.64 bits per heavy atom. The fourth-order valence-electron chi connectivity index (χ4n) is 0.783. The van der Waals surface area contributed by atoms with E-state index < -0.39 is 18.8 Å². The molecular formula is C7H6F3N3S. The summed E-state index contributed by atoms with van der Waals surface area (Å²) >= 11 is 1.14. The third kappa shape index (κ3) is 3.32. The van der Waals surface area contributed by atoms with E-state index in [0.29, 0.717) is 5.01 Å². The van der Waals surface area contributed by atoms with Gasteiger partial charge in [0.2, 0.25) is 0 Å². The fourth-order valence-corrected chi connectivity index (χ4v) is 1.44. The normalized spacial score (nSPS) is 13.6. The standard InChI is InChI=1S/C7H6F3N3S/c8-7(9,10)4-13-5(3-11)6-12-1-2-14-6/h1-2,5,13H,4H2. The minimum absolute atomic E-state index is 0.344. The van der Waals surface area contributed by atoms with Gasteiger partial charge in [0.1, 0.15) is 11.0 Å². The molecule has 0 radical (unpaired) electrons. The highest BCUT2D eigenvalue weighted by atomic mass is 32.1. The Labute approximate surface area is 82.2 Å². The van der Waals surface area contributed by atoms with E-state index in [0.717, 1.165) is 11.3 Å². The third-order valence-electron chi connectivity index (χ3n) is 1.33. The molecule has 76 valence electrons. The maximum Gasteiger partial charge on any atom is 0.401 e. The van der Waals surface area contributed by atoms with E-state index in [-0.39, 0.29) is 0 Å². The summed E-state index contributed by atoms with van der Waals surface area (Å²) < 4.78 is 35.4. The van der Waals surface area contributed by atoms with Gasteiger partial charge in [-0.3, -0.25) is 5.32 Å². The van der Waals surface area contributed by atoms with E-state index >= 15 is 0 Å². The predicted octanol–water partition coefficient (Wildman–Crippen LogP) is 1.86. The molecule has 0 fully saturated rings. The number of nitriles is 1. The Morgan fingerprint density at radius 3 is 2.79 bits per heavy atom. The van der Waals surface area contributed by atoms with Crippen molar-refractivity contribution in [1.82, 2.24) is 10.3 Å². The molecule has 3 nitrogen and oxygen atoms in total. The van der Waals surface area contributed by atoms with Crippen LogP contribution in [0.5, 0.6) is 0 Å². The topological polar surface area (TPSA) is 48.7 Å². The number of alkyl halides is 3. The van der Waals surface area contributed by atoms with Crippen molar-refractivity contribution >= 4 is 11.3 Å². The van der Waals surface area contributed by atoms with Gasteiger partial charge in [0.15, 0.2) is 0 Å². The first-order chi connectivity index (χ1) is 6.53. The summed E-state index contributed by atoms with van der Waals surface area (Å²) in [7, 11) is 0. The first-order valence-corrected chi connectivity index (χ1v) is 4.50. The summed E-state index contributed by atoms with van der Waals surface area (Å²) in [5.41, 5.74) is 0. The summed E-state index contributed by atoms with van der Waals surface area (Å²) in [4.78, 5) is 3.75. The van der Waals surface area contributed by atoms with Gasteiger partial charge in [-0.2, -0.15) is 18.4 Å². The fraction of sp³-hybridized carbons (Fsp3) is 0.429. The van der Waals surface area contributed by atoms with Crippen LogP contribution in [0.25, 0.3) is 0 Å². The Kier molecular flexibility index (Phi) is 3.43. The lowest BCUT2D eigenvalue weighted by Crippen LogP contribution is -2.31. The van der Waals surface area contributed by atoms with Crippen molar-refractivity contribution < 1.29 is 13.2 Å². The minimum Gasteiger partial charge on any atom is -0.288 e. The first kappa shape index (κ1) is 10.9. The lowest BCUT2D eigenvalue weighted by atomic mass is 10.3. The molecule has 0 aromatic carbocycles. The SMILES string of the molecule is N#CC(NCC(F)(F)F)c1nccs1. The largest absolute Gasteiger partial charge is 0.401 e. The molecule has 0 saturated carbocycles. The van der Waals surface area contributed by atoms with Crippen LogP contribution in [0, 0.1) is 11.3 Å². The highest BCUT2D eigenvalue weighted by Crippen LogP contribution is 2.18. The van der Waals surface area contributed by atoms with Crippen molar-refractivity contribution in [3.05, 3.63) is 16.6 Å².